The number of hydrogen-bond donors (Lipinski definition) is 1. The van der Waals surface area contributed by atoms with E-state index >= 15 is 0 Å². The number of nitrogens with one attached hydrogen (secondary N) is 1. The normalized spacial score (nSPS) is 21.5. The lowest BCUT2D eigenvalue weighted by atomic mass is 9.78. The molecule has 114 valence electrons. The highest BCUT2D eigenvalue weighted by molar-refractivity contribution is 5.64. The summed E-state index contributed by atoms with van der Waals surface area (Å²) >= 11 is 0. The maximum atomic E-state index is 11.6. The molecule has 1 heterocycles. The molecule has 2 rings (SSSR count). The van der Waals surface area contributed by atoms with E-state index in [-0.39, 0.29) is 5.41 Å². The summed E-state index contributed by atoms with van der Waals surface area (Å²) in [5.74, 6) is 0.495. The van der Waals surface area contributed by atoms with Gasteiger partial charge in [-0.15, -0.1) is 0 Å². The van der Waals surface area contributed by atoms with E-state index in [0.29, 0.717) is 5.75 Å². The molecule has 4 heteroatoms. The molecule has 1 unspecified atom stereocenters. The van der Waals surface area contributed by atoms with Crippen LogP contribution in [0.5, 0.6) is 5.75 Å². The Morgan fingerprint density at radius 1 is 1.24 bits per heavy atom. The molecule has 1 atom stereocenters. The molecule has 0 aromatic heterocycles. The summed E-state index contributed by atoms with van der Waals surface area (Å²) in [5.41, 5.74) is 0.678. The largest absolute Gasteiger partial charge is 0.514 e. The quantitative estimate of drug-likeness (QED) is 0.665. The minimum absolute atomic E-state index is 0.0235. The summed E-state index contributed by atoms with van der Waals surface area (Å²) in [5, 5.41) is 3.20. The molecule has 0 amide bonds. The van der Waals surface area contributed by atoms with Crippen molar-refractivity contribution in [3.8, 4) is 5.75 Å². The molecule has 0 bridgehead atoms. The lowest BCUT2D eigenvalue weighted by molar-refractivity contribution is 0.0206. The summed E-state index contributed by atoms with van der Waals surface area (Å²) in [7, 11) is 0. The van der Waals surface area contributed by atoms with Crippen LogP contribution < -0.4 is 10.1 Å². The van der Waals surface area contributed by atoms with E-state index in [2.05, 4.69) is 18.3 Å². The molecule has 0 radical (unpaired) electrons. The smallest absolute Gasteiger partial charge is 0.428 e. The second kappa shape index (κ2) is 5.80. The van der Waals surface area contributed by atoms with Crippen molar-refractivity contribution in [3.63, 3.8) is 0 Å². The van der Waals surface area contributed by atoms with E-state index < -0.39 is 11.8 Å². The lowest BCUT2D eigenvalue weighted by Crippen LogP contribution is -2.29. The van der Waals surface area contributed by atoms with Gasteiger partial charge in [0, 0.05) is 12.0 Å². The highest BCUT2D eigenvalue weighted by Gasteiger charge is 2.25. The molecule has 1 aromatic rings. The number of carbonyl (C=O) groups excluding carboxylic acids is 1. The predicted molar refractivity (Wildman–Crippen MR) is 82.4 cm³/mol. The van der Waals surface area contributed by atoms with Crippen LogP contribution in [0.1, 0.15) is 39.7 Å². The van der Waals surface area contributed by atoms with E-state index in [9.17, 15) is 4.79 Å². The predicted octanol–water partition coefficient (Wildman–Crippen LogP) is 3.77. The standard InChI is InChI=1S/C17H23NO3/c1-16(2,3)21-15(19)20-14-7-5-13(6-8-14)17(4)9-11-18-12-10-17/h5-9,11,18H,10,12H2,1-4H3. The van der Waals surface area contributed by atoms with Crippen LogP contribution in [0.15, 0.2) is 36.5 Å². The number of allylic oxidation sites excluding steroid dienone is 1. The van der Waals surface area contributed by atoms with Crippen molar-refractivity contribution in [3.05, 3.63) is 42.1 Å². The van der Waals surface area contributed by atoms with Crippen LogP contribution in [-0.2, 0) is 10.2 Å². The first kappa shape index (κ1) is 15.4. The lowest BCUT2D eigenvalue weighted by Gasteiger charge is -2.30. The van der Waals surface area contributed by atoms with E-state index in [1.807, 2.05) is 39.1 Å². The Morgan fingerprint density at radius 2 is 1.90 bits per heavy atom. The van der Waals surface area contributed by atoms with Crippen LogP contribution in [0.25, 0.3) is 0 Å². The first-order valence-electron chi connectivity index (χ1n) is 7.21. The number of benzene rings is 1. The van der Waals surface area contributed by atoms with Gasteiger partial charge in [0.1, 0.15) is 11.4 Å². The van der Waals surface area contributed by atoms with Gasteiger partial charge < -0.3 is 14.8 Å². The highest BCUT2D eigenvalue weighted by atomic mass is 16.7. The summed E-state index contributed by atoms with van der Waals surface area (Å²) in [4.78, 5) is 11.6. The zero-order chi connectivity index (χ0) is 15.5. The van der Waals surface area contributed by atoms with Crippen LogP contribution in [0, 0.1) is 0 Å². The molecule has 0 fully saturated rings. The number of rotatable bonds is 2. The van der Waals surface area contributed by atoms with Gasteiger partial charge in [-0.3, -0.25) is 0 Å². The second-order valence-electron chi connectivity index (χ2n) is 6.55. The zero-order valence-corrected chi connectivity index (χ0v) is 13.1. The van der Waals surface area contributed by atoms with Gasteiger partial charge in [-0.25, -0.2) is 4.79 Å². The van der Waals surface area contributed by atoms with Crippen LogP contribution in [0.3, 0.4) is 0 Å². The van der Waals surface area contributed by atoms with Gasteiger partial charge in [-0.1, -0.05) is 25.1 Å². The molecular formula is C17H23NO3. The Bertz CT molecular complexity index is 528. The molecule has 1 aliphatic heterocycles. The van der Waals surface area contributed by atoms with Gasteiger partial charge in [0.15, 0.2) is 0 Å². The Morgan fingerprint density at radius 3 is 2.43 bits per heavy atom. The molecule has 0 spiro atoms. The van der Waals surface area contributed by atoms with Crippen molar-refractivity contribution in [2.45, 2.75) is 45.1 Å². The fourth-order valence-corrected chi connectivity index (χ4v) is 2.25. The van der Waals surface area contributed by atoms with Crippen molar-refractivity contribution < 1.29 is 14.3 Å². The first-order valence-corrected chi connectivity index (χ1v) is 7.21. The van der Waals surface area contributed by atoms with Crippen molar-refractivity contribution in [2.75, 3.05) is 6.54 Å². The summed E-state index contributed by atoms with van der Waals surface area (Å²) in [6.07, 6.45) is 4.52. The third kappa shape index (κ3) is 4.25. The van der Waals surface area contributed by atoms with E-state index in [1.165, 1.54) is 5.56 Å². The molecule has 4 nitrogen and oxygen atoms in total. The molecule has 0 aliphatic carbocycles. The van der Waals surface area contributed by atoms with Crippen LogP contribution in [0.2, 0.25) is 0 Å². The van der Waals surface area contributed by atoms with Gasteiger partial charge in [-0.05, 0) is 51.1 Å². The van der Waals surface area contributed by atoms with E-state index in [0.717, 1.165) is 13.0 Å². The molecule has 1 aromatic carbocycles. The average molecular weight is 289 g/mol. The van der Waals surface area contributed by atoms with Crippen LogP contribution in [-0.4, -0.2) is 18.3 Å². The molecule has 21 heavy (non-hydrogen) atoms. The van der Waals surface area contributed by atoms with E-state index in [1.54, 1.807) is 12.1 Å². The Kier molecular flexibility index (Phi) is 4.26. The SMILES string of the molecule is CC(C)(C)OC(=O)Oc1ccc(C2(C)C=CNCC2)cc1. The van der Waals surface area contributed by atoms with Gasteiger partial charge in [-0.2, -0.15) is 0 Å². The Labute approximate surface area is 126 Å². The first-order chi connectivity index (χ1) is 9.78. The Balaban J connectivity index is 2.04. The topological polar surface area (TPSA) is 47.6 Å². The molecule has 0 saturated carbocycles. The van der Waals surface area contributed by atoms with Crippen molar-refractivity contribution >= 4 is 6.16 Å². The van der Waals surface area contributed by atoms with Crippen LogP contribution >= 0.6 is 0 Å². The Hall–Kier alpha value is -1.97. The molecular weight excluding hydrogens is 266 g/mol. The minimum atomic E-state index is -0.678. The monoisotopic (exact) mass is 289 g/mol. The van der Waals surface area contributed by atoms with Gasteiger partial charge in [0.25, 0.3) is 0 Å². The molecule has 0 saturated heterocycles. The second-order valence-corrected chi connectivity index (χ2v) is 6.55. The molecule has 1 N–H and O–H groups in total. The van der Waals surface area contributed by atoms with Crippen molar-refractivity contribution in [2.24, 2.45) is 0 Å². The third-order valence-electron chi connectivity index (χ3n) is 3.46. The van der Waals surface area contributed by atoms with E-state index in [4.69, 9.17) is 9.47 Å². The molecule has 1 aliphatic rings. The average Bonchev–Trinajstić information content (AvgIpc) is 2.38. The maximum absolute atomic E-state index is 11.6. The van der Waals surface area contributed by atoms with Crippen molar-refractivity contribution in [1.29, 1.82) is 0 Å². The minimum Gasteiger partial charge on any atom is -0.428 e. The van der Waals surface area contributed by atoms with Crippen molar-refractivity contribution in [1.82, 2.24) is 5.32 Å². The number of ether oxygens (including phenoxy) is 2. The number of carbonyl (C=O) groups is 1. The fraction of sp³-hybridized carbons (Fsp3) is 0.471. The fourth-order valence-electron chi connectivity index (χ4n) is 2.25. The van der Waals surface area contributed by atoms with Crippen LogP contribution in [0.4, 0.5) is 4.79 Å². The summed E-state index contributed by atoms with van der Waals surface area (Å²) < 4.78 is 10.3. The highest BCUT2D eigenvalue weighted by Crippen LogP contribution is 2.31. The van der Waals surface area contributed by atoms with Gasteiger partial charge >= 0.3 is 6.16 Å². The summed E-state index contributed by atoms with van der Waals surface area (Å²) in [6, 6.07) is 7.60. The summed E-state index contributed by atoms with van der Waals surface area (Å²) in [6.45, 7) is 8.59. The number of hydrogen-bond acceptors (Lipinski definition) is 4. The maximum Gasteiger partial charge on any atom is 0.514 e. The van der Waals surface area contributed by atoms with Gasteiger partial charge in [0.05, 0.1) is 0 Å². The zero-order valence-electron chi connectivity index (χ0n) is 13.1. The third-order valence-corrected chi connectivity index (χ3v) is 3.46. The van der Waals surface area contributed by atoms with Gasteiger partial charge in [0.2, 0.25) is 0 Å².